The molecule has 4 aromatic carbocycles. The van der Waals surface area contributed by atoms with E-state index in [1.54, 1.807) is 0 Å². The van der Waals surface area contributed by atoms with Crippen molar-refractivity contribution in [2.24, 2.45) is 0 Å². The summed E-state index contributed by atoms with van der Waals surface area (Å²) in [5.41, 5.74) is 17.8. The molecule has 0 radical (unpaired) electrons. The minimum atomic E-state index is 0. The molecule has 37 heavy (non-hydrogen) atoms. The highest BCUT2D eigenvalue weighted by atomic mass is 14.1. The summed E-state index contributed by atoms with van der Waals surface area (Å²) >= 11 is 0. The van der Waals surface area contributed by atoms with Crippen LogP contribution in [0.25, 0.3) is 11.1 Å². The lowest BCUT2D eigenvalue weighted by Gasteiger charge is -2.10. The molecule has 0 heteroatoms. The van der Waals surface area contributed by atoms with Crippen LogP contribution >= 0.6 is 0 Å². The summed E-state index contributed by atoms with van der Waals surface area (Å²) in [6.07, 6.45) is 0. The van der Waals surface area contributed by atoms with Crippen molar-refractivity contribution in [2.75, 3.05) is 0 Å². The summed E-state index contributed by atoms with van der Waals surface area (Å²) < 4.78 is 0. The Morgan fingerprint density at radius 3 is 1.22 bits per heavy atom. The Morgan fingerprint density at radius 2 is 0.784 bits per heavy atom. The second-order valence-corrected chi connectivity index (χ2v) is 10.2. The van der Waals surface area contributed by atoms with E-state index in [1.807, 2.05) is 0 Å². The molecule has 4 aromatic rings. The summed E-state index contributed by atoms with van der Waals surface area (Å²) in [7, 11) is 0. The largest absolute Gasteiger partial charge is 0.0776 e. The molecule has 0 N–H and O–H groups in total. The van der Waals surface area contributed by atoms with E-state index in [4.69, 9.17) is 0 Å². The van der Waals surface area contributed by atoms with Crippen molar-refractivity contribution in [1.82, 2.24) is 0 Å². The van der Waals surface area contributed by atoms with Crippen LogP contribution in [0.15, 0.2) is 66.7 Å². The van der Waals surface area contributed by atoms with E-state index >= 15 is 0 Å². The van der Waals surface area contributed by atoms with E-state index in [1.165, 1.54) is 72.3 Å². The van der Waals surface area contributed by atoms with Gasteiger partial charge in [0.1, 0.15) is 0 Å². The molecule has 0 aliphatic rings. The van der Waals surface area contributed by atoms with Crippen molar-refractivity contribution in [3.05, 3.63) is 128 Å². The average molecular weight is 497 g/mol. The highest BCUT2D eigenvalue weighted by Crippen LogP contribution is 2.27. The maximum atomic E-state index is 2.27. The number of aryl methyl sites for hydroxylation is 10. The third-order valence-corrected chi connectivity index (χ3v) is 7.19. The first-order valence-electron chi connectivity index (χ1n) is 12.6. The normalized spacial score (nSPS) is 9.59. The van der Waals surface area contributed by atoms with Crippen LogP contribution < -0.4 is 0 Å². The summed E-state index contributed by atoms with van der Waals surface area (Å²) in [5, 5.41) is 0. The van der Waals surface area contributed by atoms with Crippen LogP contribution in [0, 0.1) is 76.2 Å². The SMILES string of the molecule is C.C.Cc1cc(C)c(C)cc1C.Cc1ccc(-c2cccc(C)c2C)cc1C.Cc1ccc(C)c(C)c1. The molecule has 0 atom stereocenters. The summed E-state index contributed by atoms with van der Waals surface area (Å²) in [4.78, 5) is 0. The zero-order valence-corrected chi connectivity index (χ0v) is 23.9. The highest BCUT2D eigenvalue weighted by molar-refractivity contribution is 5.69. The molecule has 0 unspecified atom stereocenters. The third kappa shape index (κ3) is 9.69. The molecule has 0 heterocycles. The number of rotatable bonds is 1. The van der Waals surface area contributed by atoms with Gasteiger partial charge in [-0.15, -0.1) is 0 Å². The molecule has 0 bridgehead atoms. The first-order chi connectivity index (χ1) is 16.4. The third-order valence-electron chi connectivity index (χ3n) is 7.19. The number of hydrogen-bond donors (Lipinski definition) is 0. The van der Waals surface area contributed by atoms with Gasteiger partial charge in [-0.2, -0.15) is 0 Å². The van der Waals surface area contributed by atoms with Gasteiger partial charge < -0.3 is 0 Å². The zero-order chi connectivity index (χ0) is 26.3. The van der Waals surface area contributed by atoms with Gasteiger partial charge in [0.05, 0.1) is 0 Å². The van der Waals surface area contributed by atoms with Crippen LogP contribution in [-0.2, 0) is 0 Å². The maximum Gasteiger partial charge on any atom is -0.0152 e. The van der Waals surface area contributed by atoms with Crippen LogP contribution in [0.2, 0.25) is 0 Å². The molecule has 0 spiro atoms. The Kier molecular flexibility index (Phi) is 13.9. The topological polar surface area (TPSA) is 0 Å². The Hall–Kier alpha value is -3.12. The van der Waals surface area contributed by atoms with E-state index in [-0.39, 0.29) is 14.9 Å². The Morgan fingerprint density at radius 1 is 0.351 bits per heavy atom. The molecule has 0 saturated heterocycles. The summed E-state index contributed by atoms with van der Waals surface area (Å²) in [6, 6.07) is 24.2. The molecule has 0 amide bonds. The van der Waals surface area contributed by atoms with Crippen molar-refractivity contribution in [1.29, 1.82) is 0 Å². The van der Waals surface area contributed by atoms with Gasteiger partial charge in [0.2, 0.25) is 0 Å². The van der Waals surface area contributed by atoms with Crippen molar-refractivity contribution in [3.8, 4) is 11.1 Å². The van der Waals surface area contributed by atoms with Gasteiger partial charge in [-0.05, 0) is 143 Å². The molecule has 4 rings (SSSR count). The molecular formula is C37H52. The van der Waals surface area contributed by atoms with E-state index < -0.39 is 0 Å². The molecule has 0 aliphatic heterocycles. The van der Waals surface area contributed by atoms with Crippen LogP contribution in [0.5, 0.6) is 0 Å². The summed E-state index contributed by atoms with van der Waals surface area (Å²) in [6.45, 7) is 23.7. The zero-order valence-electron chi connectivity index (χ0n) is 23.9. The smallest absolute Gasteiger partial charge is 0.0152 e. The molecule has 0 aliphatic carbocycles. The van der Waals surface area contributed by atoms with Gasteiger partial charge in [-0.1, -0.05) is 87.1 Å². The van der Waals surface area contributed by atoms with Crippen LogP contribution in [0.1, 0.15) is 76.1 Å². The Labute approximate surface area is 229 Å². The monoisotopic (exact) mass is 496 g/mol. The molecule has 0 fully saturated rings. The van der Waals surface area contributed by atoms with Crippen LogP contribution in [-0.4, -0.2) is 0 Å². The quantitative estimate of drug-likeness (QED) is 0.246. The predicted octanol–water partition coefficient (Wildman–Crippen LogP) is 11.4. The fourth-order valence-corrected chi connectivity index (χ4v) is 3.97. The second-order valence-electron chi connectivity index (χ2n) is 10.2. The van der Waals surface area contributed by atoms with E-state index in [2.05, 4.69) is 143 Å². The molecule has 200 valence electrons. The van der Waals surface area contributed by atoms with Gasteiger partial charge in [0.25, 0.3) is 0 Å². The predicted molar refractivity (Wildman–Crippen MR) is 170 cm³/mol. The van der Waals surface area contributed by atoms with Gasteiger partial charge in [-0.25, -0.2) is 0 Å². The first kappa shape index (κ1) is 33.9. The average Bonchev–Trinajstić information content (AvgIpc) is 2.80. The Balaban J connectivity index is 0.000000540. The van der Waals surface area contributed by atoms with Gasteiger partial charge >= 0.3 is 0 Å². The van der Waals surface area contributed by atoms with Crippen molar-refractivity contribution in [3.63, 3.8) is 0 Å². The fraction of sp³-hybridized carbons (Fsp3) is 0.351. The van der Waals surface area contributed by atoms with Gasteiger partial charge in [0, 0.05) is 0 Å². The number of benzene rings is 4. The van der Waals surface area contributed by atoms with E-state index in [9.17, 15) is 0 Å². The van der Waals surface area contributed by atoms with Crippen LogP contribution in [0.4, 0.5) is 0 Å². The molecule has 0 nitrogen and oxygen atoms in total. The molecule has 0 saturated carbocycles. The van der Waals surface area contributed by atoms with Crippen molar-refractivity contribution in [2.45, 2.75) is 91.0 Å². The van der Waals surface area contributed by atoms with Crippen molar-refractivity contribution < 1.29 is 0 Å². The minimum Gasteiger partial charge on any atom is -0.0776 e. The Bertz CT molecular complexity index is 1240. The standard InChI is InChI=1S/C16H18.C10H14.C9H12.2CH4/c1-11-8-9-15(10-13(11)3)16-7-5-6-12(2)14(16)4;1-7-5-9(3)10(4)6-8(7)2;1-7-4-5-8(2)9(3)6-7;;/h5-10H,1-4H3;5-6H,1-4H3;4-6H,1-3H3;2*1H4. The molecular weight excluding hydrogens is 444 g/mol. The van der Waals surface area contributed by atoms with E-state index in [0.29, 0.717) is 0 Å². The second kappa shape index (κ2) is 15.2. The lowest BCUT2D eigenvalue weighted by atomic mass is 9.95. The minimum absolute atomic E-state index is 0. The lowest BCUT2D eigenvalue weighted by Crippen LogP contribution is -1.88. The molecule has 0 aromatic heterocycles. The highest BCUT2D eigenvalue weighted by Gasteiger charge is 2.04. The van der Waals surface area contributed by atoms with Crippen LogP contribution in [0.3, 0.4) is 0 Å². The van der Waals surface area contributed by atoms with Gasteiger partial charge in [0.15, 0.2) is 0 Å². The van der Waals surface area contributed by atoms with Gasteiger partial charge in [-0.3, -0.25) is 0 Å². The van der Waals surface area contributed by atoms with E-state index in [0.717, 1.165) is 0 Å². The fourth-order valence-electron chi connectivity index (χ4n) is 3.97. The number of hydrogen-bond acceptors (Lipinski definition) is 0. The lowest BCUT2D eigenvalue weighted by molar-refractivity contribution is 1.24. The maximum absolute atomic E-state index is 2.27. The first-order valence-corrected chi connectivity index (χ1v) is 12.6. The van der Waals surface area contributed by atoms with Crippen molar-refractivity contribution >= 4 is 0 Å². The summed E-state index contributed by atoms with van der Waals surface area (Å²) in [5.74, 6) is 0.